The molecule has 1 amide bonds. The molecule has 2 aromatic rings. The lowest BCUT2D eigenvalue weighted by atomic mass is 9.96. The molecule has 0 aromatic heterocycles. The molecule has 8 heteroatoms. The number of rotatable bonds is 6. The molecule has 0 saturated carbocycles. The Morgan fingerprint density at radius 3 is 2.70 bits per heavy atom. The number of hydrogen-bond donors (Lipinski definition) is 2. The number of nitrogens with two attached hydrogens (primary N) is 1. The lowest BCUT2D eigenvalue weighted by molar-refractivity contribution is -0.110. The average molecular weight is 451 g/mol. The van der Waals surface area contributed by atoms with E-state index in [1.54, 1.807) is 30.3 Å². The van der Waals surface area contributed by atoms with Gasteiger partial charge in [0.25, 0.3) is 5.91 Å². The maximum absolute atomic E-state index is 14.8. The molecule has 2 heterocycles. The molecule has 33 heavy (non-hydrogen) atoms. The summed E-state index contributed by atoms with van der Waals surface area (Å²) in [5, 5.41) is 2.84. The maximum atomic E-state index is 14.8. The second-order valence-electron chi connectivity index (χ2n) is 8.18. The fourth-order valence-electron chi connectivity index (χ4n) is 4.20. The minimum Gasteiger partial charge on any atom is -0.465 e. The quantitative estimate of drug-likeness (QED) is 0.656. The van der Waals surface area contributed by atoms with E-state index in [0.717, 1.165) is 18.4 Å². The Morgan fingerprint density at radius 1 is 1.21 bits per heavy atom. The third-order valence-corrected chi connectivity index (χ3v) is 6.08. The first kappa shape index (κ1) is 22.7. The lowest BCUT2D eigenvalue weighted by Crippen LogP contribution is -2.37. The largest absolute Gasteiger partial charge is 0.465 e. The molecule has 0 atom stereocenters. The van der Waals surface area contributed by atoms with Gasteiger partial charge in [-0.3, -0.25) is 4.79 Å². The molecule has 172 valence electrons. The van der Waals surface area contributed by atoms with Crippen LogP contribution in [0.15, 0.2) is 53.5 Å². The number of piperidine rings is 1. The number of esters is 1. The Kier molecular flexibility index (Phi) is 6.84. The third-order valence-electron chi connectivity index (χ3n) is 6.08. The fourth-order valence-corrected chi connectivity index (χ4v) is 4.20. The van der Waals surface area contributed by atoms with Gasteiger partial charge in [-0.15, -0.1) is 0 Å². The number of carbonyl (C=O) groups is 2. The van der Waals surface area contributed by atoms with Crippen LogP contribution in [0.25, 0.3) is 5.70 Å². The van der Waals surface area contributed by atoms with Crippen molar-refractivity contribution >= 4 is 34.7 Å². The number of methoxy groups -OCH3 is 1. The predicted octanol–water partition coefficient (Wildman–Crippen LogP) is 3.61. The topological polar surface area (TPSA) is 97.0 Å². The molecule has 7 nitrogen and oxygen atoms in total. The summed E-state index contributed by atoms with van der Waals surface area (Å²) in [6, 6.07) is 11.6. The highest BCUT2D eigenvalue weighted by molar-refractivity contribution is 6.45. The summed E-state index contributed by atoms with van der Waals surface area (Å²) in [7, 11) is 1.32. The van der Waals surface area contributed by atoms with E-state index in [1.165, 1.54) is 13.2 Å². The van der Waals surface area contributed by atoms with Gasteiger partial charge in [0.05, 0.1) is 29.7 Å². The number of ether oxygens (including phenoxy) is 1. The van der Waals surface area contributed by atoms with E-state index >= 15 is 0 Å². The Labute approximate surface area is 192 Å². The van der Waals surface area contributed by atoms with Crippen molar-refractivity contribution in [2.24, 2.45) is 16.6 Å². The standard InChI is InChI=1S/C25H27FN4O3/c1-33-25(32)18-5-2-4-17(14-18)20-8-9-22(28-20)24(31)29-21-7-3-6-19(26)23(21)30-12-10-16(15-27)11-13-30/h2-8,14,16H,9-13,15,27H2,1H3,(H,29,31). The highest BCUT2D eigenvalue weighted by Gasteiger charge is 2.25. The zero-order valence-electron chi connectivity index (χ0n) is 18.5. The molecule has 2 aromatic carbocycles. The monoisotopic (exact) mass is 450 g/mol. The van der Waals surface area contributed by atoms with Gasteiger partial charge in [0.15, 0.2) is 0 Å². The van der Waals surface area contributed by atoms with Crippen molar-refractivity contribution in [3.63, 3.8) is 0 Å². The molecule has 0 radical (unpaired) electrons. The van der Waals surface area contributed by atoms with E-state index in [9.17, 15) is 14.0 Å². The van der Waals surface area contributed by atoms with E-state index in [1.807, 2.05) is 17.0 Å². The molecule has 0 spiro atoms. The summed E-state index contributed by atoms with van der Waals surface area (Å²) in [6.07, 6.45) is 3.96. The number of benzene rings is 2. The number of carbonyl (C=O) groups excluding carboxylic acids is 2. The van der Waals surface area contributed by atoms with Gasteiger partial charge in [-0.05, 0) is 49.6 Å². The Hall–Kier alpha value is -3.52. The van der Waals surface area contributed by atoms with Crippen molar-refractivity contribution in [1.29, 1.82) is 0 Å². The van der Waals surface area contributed by atoms with E-state index in [2.05, 4.69) is 10.3 Å². The third kappa shape index (κ3) is 4.96. The van der Waals surface area contributed by atoms with Crippen LogP contribution in [-0.2, 0) is 9.53 Å². The molecule has 4 rings (SSSR count). The van der Waals surface area contributed by atoms with Crippen LogP contribution in [0.5, 0.6) is 0 Å². The molecule has 1 fully saturated rings. The van der Waals surface area contributed by atoms with Gasteiger partial charge in [0, 0.05) is 25.1 Å². The van der Waals surface area contributed by atoms with Gasteiger partial charge < -0.3 is 20.7 Å². The number of hydrogen-bond acceptors (Lipinski definition) is 6. The summed E-state index contributed by atoms with van der Waals surface area (Å²) in [5.41, 5.74) is 8.66. The van der Waals surface area contributed by atoms with Gasteiger partial charge in [-0.1, -0.05) is 24.3 Å². The number of halogens is 1. The highest BCUT2D eigenvalue weighted by atomic mass is 19.1. The van der Waals surface area contributed by atoms with Gasteiger partial charge in [-0.2, -0.15) is 0 Å². The summed E-state index contributed by atoms with van der Waals surface area (Å²) in [4.78, 5) is 31.2. The number of amides is 1. The predicted molar refractivity (Wildman–Crippen MR) is 127 cm³/mol. The zero-order valence-corrected chi connectivity index (χ0v) is 18.5. The van der Waals surface area contributed by atoms with Crippen molar-refractivity contribution in [2.75, 3.05) is 37.0 Å². The molecule has 0 aliphatic carbocycles. The van der Waals surface area contributed by atoms with Gasteiger partial charge in [-0.25, -0.2) is 14.2 Å². The molecule has 0 bridgehead atoms. The Balaban J connectivity index is 1.50. The Bertz CT molecular complexity index is 1120. The van der Waals surface area contributed by atoms with Crippen LogP contribution in [0, 0.1) is 11.7 Å². The molecule has 1 saturated heterocycles. The first-order valence-electron chi connectivity index (χ1n) is 11.0. The van der Waals surface area contributed by atoms with Crippen LogP contribution in [-0.4, -0.2) is 44.3 Å². The molecular formula is C25H27FN4O3. The second kappa shape index (κ2) is 9.95. The van der Waals surface area contributed by atoms with Crippen LogP contribution in [0.1, 0.15) is 35.2 Å². The van der Waals surface area contributed by atoms with Gasteiger partial charge >= 0.3 is 5.97 Å². The number of aliphatic imine (C=N–C) groups is 1. The summed E-state index contributed by atoms with van der Waals surface area (Å²) in [6.45, 7) is 2.01. The highest BCUT2D eigenvalue weighted by Crippen LogP contribution is 2.33. The first-order valence-corrected chi connectivity index (χ1v) is 11.0. The molecule has 2 aliphatic heterocycles. The van der Waals surface area contributed by atoms with E-state index < -0.39 is 5.97 Å². The summed E-state index contributed by atoms with van der Waals surface area (Å²) in [5.74, 6) is -0.743. The fraction of sp³-hybridized carbons (Fsp3) is 0.320. The van der Waals surface area contributed by atoms with E-state index in [-0.39, 0.29) is 11.7 Å². The van der Waals surface area contributed by atoms with E-state index in [4.69, 9.17) is 10.5 Å². The number of allylic oxidation sites excluding steroid dienone is 1. The molecule has 0 unspecified atom stereocenters. The summed E-state index contributed by atoms with van der Waals surface area (Å²) >= 11 is 0. The van der Waals surface area contributed by atoms with Crippen LogP contribution in [0.4, 0.5) is 15.8 Å². The minimum atomic E-state index is -0.438. The molecular weight excluding hydrogens is 423 g/mol. The number of para-hydroxylation sites is 1. The van der Waals surface area contributed by atoms with Crippen molar-refractivity contribution in [3.05, 3.63) is 65.5 Å². The van der Waals surface area contributed by atoms with Crippen LogP contribution in [0.3, 0.4) is 0 Å². The molecule has 2 aliphatic rings. The SMILES string of the molecule is COC(=O)c1cccc(C2=CCC(C(=O)Nc3cccc(F)c3N3CCC(CN)CC3)=N2)c1. The normalized spacial score (nSPS) is 16.3. The number of nitrogens with zero attached hydrogens (tertiary/aromatic N) is 2. The second-order valence-corrected chi connectivity index (χ2v) is 8.18. The maximum Gasteiger partial charge on any atom is 0.337 e. The zero-order chi connectivity index (χ0) is 23.4. The van der Waals surface area contributed by atoms with Crippen LogP contribution < -0.4 is 16.0 Å². The number of anilines is 2. The van der Waals surface area contributed by atoms with Crippen molar-refractivity contribution < 1.29 is 18.7 Å². The van der Waals surface area contributed by atoms with Crippen molar-refractivity contribution in [3.8, 4) is 0 Å². The van der Waals surface area contributed by atoms with Crippen LogP contribution >= 0.6 is 0 Å². The average Bonchev–Trinajstić information content (AvgIpc) is 3.35. The van der Waals surface area contributed by atoms with Crippen LogP contribution in [0.2, 0.25) is 0 Å². The van der Waals surface area contributed by atoms with Crippen molar-refractivity contribution in [2.45, 2.75) is 19.3 Å². The Morgan fingerprint density at radius 2 is 1.97 bits per heavy atom. The summed E-state index contributed by atoms with van der Waals surface area (Å²) < 4.78 is 19.5. The lowest BCUT2D eigenvalue weighted by Gasteiger charge is -2.34. The van der Waals surface area contributed by atoms with Gasteiger partial charge in [0.2, 0.25) is 0 Å². The number of nitrogens with one attached hydrogen (secondary N) is 1. The smallest absolute Gasteiger partial charge is 0.337 e. The molecule has 3 N–H and O–H groups in total. The first-order chi connectivity index (χ1) is 16.0. The van der Waals surface area contributed by atoms with E-state index in [0.29, 0.717) is 60.3 Å². The van der Waals surface area contributed by atoms with Crippen molar-refractivity contribution in [1.82, 2.24) is 0 Å². The van der Waals surface area contributed by atoms with Gasteiger partial charge in [0.1, 0.15) is 11.5 Å². The minimum absolute atomic E-state index is 0.325.